The lowest BCUT2D eigenvalue weighted by molar-refractivity contribution is 0.668. The van der Waals surface area contributed by atoms with Gasteiger partial charge in [-0.25, -0.2) is 4.98 Å². The van der Waals surface area contributed by atoms with Crippen molar-refractivity contribution in [1.29, 1.82) is 0 Å². The first kappa shape index (κ1) is 28.4. The molecule has 12 rings (SSSR count). The van der Waals surface area contributed by atoms with Crippen molar-refractivity contribution in [2.45, 2.75) is 0 Å². The molecule has 0 spiro atoms. The zero-order chi connectivity index (χ0) is 34.6. The summed E-state index contributed by atoms with van der Waals surface area (Å²) in [4.78, 5) is 18.0. The van der Waals surface area contributed by atoms with Crippen molar-refractivity contribution in [1.82, 2.24) is 15.0 Å². The highest BCUT2D eigenvalue weighted by Gasteiger charge is 2.29. The number of furan rings is 2. The third-order valence-corrected chi connectivity index (χ3v) is 10.6. The number of hydrogen-bond donors (Lipinski definition) is 0. The van der Waals surface area contributed by atoms with E-state index in [0.29, 0.717) is 17.6 Å². The van der Waals surface area contributed by atoms with Crippen LogP contribution in [0.25, 0.3) is 99.3 Å². The third-order valence-electron chi connectivity index (χ3n) is 10.6. The molecule has 3 aromatic heterocycles. The van der Waals surface area contributed by atoms with E-state index in [4.69, 9.17) is 23.8 Å². The number of benzene rings is 8. The fraction of sp³-hybridized carbons (Fsp3) is 0. The maximum atomic E-state index is 6.33. The molecule has 6 nitrogen and oxygen atoms in total. The molecular weight excluding hydrogens is 653 g/mol. The first-order valence-electron chi connectivity index (χ1n) is 17.7. The van der Waals surface area contributed by atoms with Crippen molar-refractivity contribution >= 4 is 82.7 Å². The van der Waals surface area contributed by atoms with Gasteiger partial charge < -0.3 is 8.83 Å². The molecule has 53 heavy (non-hydrogen) atoms. The van der Waals surface area contributed by atoms with Crippen LogP contribution in [0.2, 0.25) is 0 Å². The van der Waals surface area contributed by atoms with Crippen LogP contribution < -0.4 is 4.90 Å². The molecule has 0 fully saturated rings. The summed E-state index contributed by atoms with van der Waals surface area (Å²) in [5.74, 6) is 1.65. The monoisotopic (exact) mass is 678 g/mol. The standard InChI is InChI=1S/C47H26N4O2/c1-2-10-29-25-39-36(23-28(29)9-1)35-15-7-11-27-12-8-16-38(44(27)35)51(39)47-49-45(30-20-22-42-37(24-30)33-14-4-6-18-41(33)52-42)48-46(50-47)31-19-21-34-32-13-3-5-17-40(32)53-43(34)26-31/h1-26H. The lowest BCUT2D eigenvalue weighted by Gasteiger charge is -2.32. The Bertz CT molecular complexity index is 3320. The summed E-state index contributed by atoms with van der Waals surface area (Å²) >= 11 is 0. The molecule has 0 atom stereocenters. The highest BCUT2D eigenvalue weighted by atomic mass is 16.3. The van der Waals surface area contributed by atoms with Crippen molar-refractivity contribution < 1.29 is 8.83 Å². The molecule has 6 heteroatoms. The molecule has 0 saturated heterocycles. The predicted molar refractivity (Wildman–Crippen MR) is 214 cm³/mol. The molecule has 0 amide bonds. The first-order valence-corrected chi connectivity index (χ1v) is 17.7. The van der Waals surface area contributed by atoms with Gasteiger partial charge in [0, 0.05) is 43.6 Å². The van der Waals surface area contributed by atoms with E-state index in [1.54, 1.807) is 0 Å². The van der Waals surface area contributed by atoms with Crippen molar-refractivity contribution in [3.05, 3.63) is 158 Å². The lowest BCUT2D eigenvalue weighted by atomic mass is 9.90. The SMILES string of the molecule is c1ccc2cc3c(cc2c1)-c1cccc2cccc(c12)N3c1nc(-c2ccc3c(c2)oc2ccccc23)nc(-c2ccc3oc4ccccc4c3c2)n1. The van der Waals surface area contributed by atoms with Gasteiger partial charge in [-0.15, -0.1) is 0 Å². The smallest absolute Gasteiger partial charge is 0.238 e. The highest BCUT2D eigenvalue weighted by Crippen LogP contribution is 2.51. The van der Waals surface area contributed by atoms with Gasteiger partial charge in [0.2, 0.25) is 5.95 Å². The summed E-state index contributed by atoms with van der Waals surface area (Å²) in [5, 5.41) is 8.84. The number of para-hydroxylation sites is 2. The Kier molecular flexibility index (Phi) is 5.68. The van der Waals surface area contributed by atoms with Gasteiger partial charge in [0.1, 0.15) is 22.3 Å². The second kappa shape index (κ2) is 10.6. The van der Waals surface area contributed by atoms with Crippen molar-refractivity contribution in [3.8, 4) is 33.9 Å². The van der Waals surface area contributed by atoms with E-state index in [2.05, 4.69) is 108 Å². The minimum atomic E-state index is 0.533. The quantitative estimate of drug-likeness (QED) is 0.185. The molecule has 4 heterocycles. The average Bonchev–Trinajstić information content (AvgIpc) is 3.78. The van der Waals surface area contributed by atoms with Crippen LogP contribution in [0.1, 0.15) is 0 Å². The number of hydrogen-bond acceptors (Lipinski definition) is 6. The van der Waals surface area contributed by atoms with Crippen LogP contribution in [-0.2, 0) is 0 Å². The Hall–Kier alpha value is -7.31. The molecular formula is C47H26N4O2. The molecule has 11 aromatic rings. The Morgan fingerprint density at radius 2 is 0.981 bits per heavy atom. The summed E-state index contributed by atoms with van der Waals surface area (Å²) in [6.45, 7) is 0. The van der Waals surface area contributed by atoms with E-state index in [0.717, 1.165) is 88.1 Å². The molecule has 0 bridgehead atoms. The van der Waals surface area contributed by atoms with Crippen LogP contribution >= 0.6 is 0 Å². The van der Waals surface area contributed by atoms with Gasteiger partial charge in [0.05, 0.1) is 11.4 Å². The van der Waals surface area contributed by atoms with Crippen molar-refractivity contribution in [3.63, 3.8) is 0 Å². The van der Waals surface area contributed by atoms with Crippen LogP contribution in [0.3, 0.4) is 0 Å². The normalized spacial score (nSPS) is 12.5. The van der Waals surface area contributed by atoms with Gasteiger partial charge >= 0.3 is 0 Å². The lowest BCUT2D eigenvalue weighted by Crippen LogP contribution is -2.18. The second-order valence-corrected chi connectivity index (χ2v) is 13.6. The van der Waals surface area contributed by atoms with Crippen molar-refractivity contribution in [2.75, 3.05) is 4.90 Å². The zero-order valence-corrected chi connectivity index (χ0v) is 28.1. The van der Waals surface area contributed by atoms with Crippen LogP contribution in [0.4, 0.5) is 17.3 Å². The Morgan fingerprint density at radius 3 is 1.79 bits per heavy atom. The summed E-state index contributed by atoms with van der Waals surface area (Å²) in [6, 6.07) is 54.6. The number of fused-ring (bicyclic) bond motifs is 9. The first-order chi connectivity index (χ1) is 26.2. The van der Waals surface area contributed by atoms with Gasteiger partial charge in [-0.2, -0.15) is 9.97 Å². The largest absolute Gasteiger partial charge is 0.456 e. The van der Waals surface area contributed by atoms with Crippen LogP contribution in [0, 0.1) is 0 Å². The van der Waals surface area contributed by atoms with Gasteiger partial charge in [-0.1, -0.05) is 97.1 Å². The molecule has 8 aromatic carbocycles. The highest BCUT2D eigenvalue weighted by molar-refractivity contribution is 6.15. The molecule has 1 aliphatic heterocycles. The van der Waals surface area contributed by atoms with Gasteiger partial charge in [-0.3, -0.25) is 4.90 Å². The third kappa shape index (κ3) is 4.17. The maximum Gasteiger partial charge on any atom is 0.238 e. The summed E-state index contributed by atoms with van der Waals surface area (Å²) in [6.07, 6.45) is 0. The summed E-state index contributed by atoms with van der Waals surface area (Å²) < 4.78 is 12.5. The molecule has 246 valence electrons. The molecule has 0 saturated carbocycles. The van der Waals surface area contributed by atoms with Gasteiger partial charge in [0.25, 0.3) is 0 Å². The minimum Gasteiger partial charge on any atom is -0.456 e. The van der Waals surface area contributed by atoms with Crippen LogP contribution in [0.15, 0.2) is 167 Å². The van der Waals surface area contributed by atoms with E-state index < -0.39 is 0 Å². The number of nitrogens with zero attached hydrogens (tertiary/aromatic N) is 4. The van der Waals surface area contributed by atoms with Gasteiger partial charge in [0.15, 0.2) is 11.6 Å². The predicted octanol–water partition coefficient (Wildman–Crippen LogP) is 12.8. The van der Waals surface area contributed by atoms with Crippen LogP contribution in [0.5, 0.6) is 0 Å². The second-order valence-electron chi connectivity index (χ2n) is 13.6. The number of aromatic nitrogens is 3. The molecule has 0 unspecified atom stereocenters. The molecule has 1 aliphatic rings. The Labute approximate surface area is 302 Å². The average molecular weight is 679 g/mol. The van der Waals surface area contributed by atoms with Gasteiger partial charge in [-0.05, 0) is 82.4 Å². The Morgan fingerprint density at radius 1 is 0.377 bits per heavy atom. The summed E-state index contributed by atoms with van der Waals surface area (Å²) in [7, 11) is 0. The van der Waals surface area contributed by atoms with E-state index in [1.165, 1.54) is 10.9 Å². The molecule has 0 N–H and O–H groups in total. The topological polar surface area (TPSA) is 68.2 Å². The zero-order valence-electron chi connectivity index (χ0n) is 28.1. The van der Waals surface area contributed by atoms with E-state index in [-0.39, 0.29) is 0 Å². The summed E-state index contributed by atoms with van der Waals surface area (Å²) in [5.41, 5.74) is 9.37. The molecule has 0 aliphatic carbocycles. The van der Waals surface area contributed by atoms with Crippen LogP contribution in [-0.4, -0.2) is 15.0 Å². The maximum absolute atomic E-state index is 6.33. The fourth-order valence-electron chi connectivity index (χ4n) is 8.16. The van der Waals surface area contributed by atoms with E-state index in [1.807, 2.05) is 54.6 Å². The van der Waals surface area contributed by atoms with E-state index >= 15 is 0 Å². The fourth-order valence-corrected chi connectivity index (χ4v) is 8.16. The number of anilines is 3. The Balaban J connectivity index is 1.15. The van der Waals surface area contributed by atoms with Crippen molar-refractivity contribution in [2.24, 2.45) is 0 Å². The number of rotatable bonds is 3. The molecule has 0 radical (unpaired) electrons. The van der Waals surface area contributed by atoms with E-state index in [9.17, 15) is 0 Å². The minimum absolute atomic E-state index is 0.533.